The van der Waals surface area contributed by atoms with Gasteiger partial charge in [0.2, 0.25) is 5.91 Å². The average Bonchev–Trinajstić information content (AvgIpc) is 3.39. The van der Waals surface area contributed by atoms with Crippen molar-refractivity contribution in [3.05, 3.63) is 101 Å². The van der Waals surface area contributed by atoms with Crippen molar-refractivity contribution in [1.82, 2.24) is 9.80 Å². The second-order valence-electron chi connectivity index (χ2n) is 13.2. The Kier molecular flexibility index (Phi) is 7.71. The molecule has 10 heteroatoms. The Balaban J connectivity index is 1.22. The Bertz CT molecular complexity index is 1740. The molecule has 0 aromatic heterocycles. The lowest BCUT2D eigenvalue weighted by molar-refractivity contribution is -0.199. The first-order valence-electron chi connectivity index (χ1n) is 16.1. The van der Waals surface area contributed by atoms with Gasteiger partial charge in [-0.3, -0.25) is 14.5 Å². The maximum absolute atomic E-state index is 13.6. The number of likely N-dealkylation sites (tertiary alicyclic amines) is 1. The molecule has 1 spiro atoms. The van der Waals surface area contributed by atoms with E-state index >= 15 is 0 Å². The predicted octanol–water partition coefficient (Wildman–Crippen LogP) is 5.57. The molecule has 0 radical (unpaired) electrons. The summed E-state index contributed by atoms with van der Waals surface area (Å²) in [6.45, 7) is 2.83. The van der Waals surface area contributed by atoms with Crippen molar-refractivity contribution in [2.45, 2.75) is 74.4 Å². The van der Waals surface area contributed by atoms with Gasteiger partial charge < -0.3 is 19.5 Å². The zero-order chi connectivity index (χ0) is 33.1. The van der Waals surface area contributed by atoms with Gasteiger partial charge in [-0.15, -0.1) is 0 Å². The summed E-state index contributed by atoms with van der Waals surface area (Å²) >= 11 is 0. The van der Waals surface area contributed by atoms with Crippen LogP contribution in [-0.2, 0) is 34.0 Å². The SMILES string of the molecule is CC(=O)Oc1ccc2c3c1O[C@H]1[C@H](N(C)C(=O)C=Cc4cccc(C(F)(F)F)c4)CC[C@@]4(O)[C@@H](C2)N(CCc2ccccc2)CC[C@]314. The van der Waals surface area contributed by atoms with Crippen LogP contribution in [-0.4, -0.2) is 70.7 Å². The topological polar surface area (TPSA) is 79.3 Å². The molecule has 2 fully saturated rings. The number of aliphatic hydroxyl groups is 1. The fourth-order valence-corrected chi connectivity index (χ4v) is 8.68. The second-order valence-corrected chi connectivity index (χ2v) is 13.2. The van der Waals surface area contributed by atoms with Crippen LogP contribution in [0.1, 0.15) is 54.0 Å². The molecule has 2 bridgehead atoms. The van der Waals surface area contributed by atoms with Crippen LogP contribution in [0.5, 0.6) is 11.5 Å². The summed E-state index contributed by atoms with van der Waals surface area (Å²) in [6, 6.07) is 18.2. The Morgan fingerprint density at radius 1 is 1.11 bits per heavy atom. The minimum atomic E-state index is -4.49. The van der Waals surface area contributed by atoms with Gasteiger partial charge in [-0.1, -0.05) is 48.5 Å². The molecular formula is C37H37F3N2O5. The lowest BCUT2D eigenvalue weighted by Gasteiger charge is -2.64. The number of nitrogens with zero attached hydrogens (tertiary/aromatic N) is 2. The lowest BCUT2D eigenvalue weighted by Crippen LogP contribution is -2.78. The van der Waals surface area contributed by atoms with E-state index in [4.69, 9.17) is 9.47 Å². The van der Waals surface area contributed by atoms with Gasteiger partial charge in [0.25, 0.3) is 0 Å². The fourth-order valence-electron chi connectivity index (χ4n) is 8.68. The summed E-state index contributed by atoms with van der Waals surface area (Å²) in [5, 5.41) is 12.9. The molecular weight excluding hydrogens is 609 g/mol. The van der Waals surface area contributed by atoms with Crippen molar-refractivity contribution in [3.63, 3.8) is 0 Å². The Labute approximate surface area is 271 Å². The summed E-state index contributed by atoms with van der Waals surface area (Å²) in [4.78, 5) is 29.6. The number of piperidine rings is 1. The number of halogens is 3. The molecule has 246 valence electrons. The lowest BCUT2D eigenvalue weighted by atomic mass is 9.48. The second kappa shape index (κ2) is 11.5. The molecule has 4 aliphatic rings. The van der Waals surface area contributed by atoms with Gasteiger partial charge in [0, 0.05) is 38.2 Å². The Morgan fingerprint density at radius 2 is 1.89 bits per heavy atom. The Hall–Kier alpha value is -4.15. The van der Waals surface area contributed by atoms with Gasteiger partial charge in [-0.05, 0) is 79.6 Å². The number of benzene rings is 3. The smallest absolute Gasteiger partial charge is 0.416 e. The van der Waals surface area contributed by atoms with Crippen LogP contribution in [0.2, 0.25) is 0 Å². The van der Waals surface area contributed by atoms with Crippen LogP contribution >= 0.6 is 0 Å². The van der Waals surface area contributed by atoms with E-state index in [2.05, 4.69) is 17.0 Å². The van der Waals surface area contributed by atoms with Gasteiger partial charge >= 0.3 is 12.1 Å². The number of esters is 1. The highest BCUT2D eigenvalue weighted by atomic mass is 19.4. The molecule has 7 rings (SSSR count). The maximum atomic E-state index is 13.6. The summed E-state index contributed by atoms with van der Waals surface area (Å²) in [6.07, 6.45) is 0.482. The van der Waals surface area contributed by atoms with Gasteiger partial charge in [0.05, 0.1) is 22.6 Å². The number of rotatable bonds is 7. The Morgan fingerprint density at radius 3 is 2.64 bits per heavy atom. The van der Waals surface area contributed by atoms with Crippen molar-refractivity contribution in [1.29, 1.82) is 0 Å². The highest BCUT2D eigenvalue weighted by Gasteiger charge is 2.73. The van der Waals surface area contributed by atoms with Crippen molar-refractivity contribution in [3.8, 4) is 11.5 Å². The van der Waals surface area contributed by atoms with E-state index in [1.165, 1.54) is 36.8 Å². The highest BCUT2D eigenvalue weighted by Crippen LogP contribution is 2.66. The number of likely N-dealkylation sites (N-methyl/N-ethyl adjacent to an activating group) is 1. The number of alkyl halides is 3. The van der Waals surface area contributed by atoms with Crippen molar-refractivity contribution >= 4 is 18.0 Å². The first-order chi connectivity index (χ1) is 22.4. The van der Waals surface area contributed by atoms with E-state index in [1.807, 2.05) is 24.3 Å². The van der Waals surface area contributed by atoms with E-state index in [0.717, 1.165) is 42.8 Å². The number of amides is 1. The molecule has 1 N–H and O–H groups in total. The first-order valence-corrected chi connectivity index (χ1v) is 16.1. The number of hydrogen-bond donors (Lipinski definition) is 1. The van der Waals surface area contributed by atoms with Crippen molar-refractivity contribution < 1.29 is 37.3 Å². The molecule has 3 aromatic rings. The maximum Gasteiger partial charge on any atom is 0.416 e. The number of hydrogen-bond acceptors (Lipinski definition) is 6. The van der Waals surface area contributed by atoms with E-state index in [1.54, 1.807) is 18.0 Å². The number of ether oxygens (including phenoxy) is 2. The summed E-state index contributed by atoms with van der Waals surface area (Å²) < 4.78 is 52.1. The van der Waals surface area contributed by atoms with Crippen LogP contribution in [0.4, 0.5) is 13.2 Å². The highest BCUT2D eigenvalue weighted by molar-refractivity contribution is 5.92. The van der Waals surface area contributed by atoms with Gasteiger partial charge in [0.1, 0.15) is 6.10 Å². The largest absolute Gasteiger partial charge is 0.483 e. The van der Waals surface area contributed by atoms with Gasteiger partial charge in [-0.25, -0.2) is 0 Å². The predicted molar refractivity (Wildman–Crippen MR) is 169 cm³/mol. The van der Waals surface area contributed by atoms with Crippen molar-refractivity contribution in [2.75, 3.05) is 20.1 Å². The zero-order valence-electron chi connectivity index (χ0n) is 26.3. The average molecular weight is 647 g/mol. The van der Waals surface area contributed by atoms with E-state index in [0.29, 0.717) is 37.2 Å². The number of carbonyl (C=O) groups is 2. The molecule has 47 heavy (non-hydrogen) atoms. The van der Waals surface area contributed by atoms with Gasteiger partial charge in [0.15, 0.2) is 11.5 Å². The molecule has 3 aromatic carbocycles. The van der Waals surface area contributed by atoms with Crippen LogP contribution in [0.15, 0.2) is 72.8 Å². The normalized spacial score (nSPS) is 27.7. The fraction of sp³-hybridized carbons (Fsp3) is 0.405. The van der Waals surface area contributed by atoms with Crippen LogP contribution in [0.3, 0.4) is 0 Å². The third-order valence-electron chi connectivity index (χ3n) is 10.8. The first kappa shape index (κ1) is 31.4. The van der Waals surface area contributed by atoms with Crippen molar-refractivity contribution in [2.24, 2.45) is 0 Å². The standard InChI is InChI=1S/C37H37F3N2O5/c1-23(43)46-29-13-12-26-22-30-36(45)17-15-28(41(2)31(44)14-11-25-9-6-10-27(21-25)37(38,39)40)34-35(36,32(26)33(29)47-34)18-20-42(30)19-16-24-7-4-3-5-8-24/h3-14,21,28,30,34,45H,15-20,22H2,1-2H3/t28-,30-,34+,35+,36-/m1/s1. The summed E-state index contributed by atoms with van der Waals surface area (Å²) in [5.74, 6) is -0.128. The summed E-state index contributed by atoms with van der Waals surface area (Å²) in [5.41, 5.74) is 0.606. The third-order valence-corrected chi connectivity index (χ3v) is 10.8. The molecule has 1 saturated heterocycles. The summed E-state index contributed by atoms with van der Waals surface area (Å²) in [7, 11) is 1.67. The monoisotopic (exact) mass is 646 g/mol. The minimum Gasteiger partial charge on any atom is -0.483 e. The molecule has 0 unspecified atom stereocenters. The minimum absolute atomic E-state index is 0.174. The molecule has 1 amide bonds. The molecule has 2 heterocycles. The van der Waals surface area contributed by atoms with E-state index in [-0.39, 0.29) is 17.5 Å². The van der Waals surface area contributed by atoms with Gasteiger partial charge in [-0.2, -0.15) is 13.2 Å². The van der Waals surface area contributed by atoms with Crippen LogP contribution in [0.25, 0.3) is 6.08 Å². The number of carbonyl (C=O) groups excluding carboxylic acids is 2. The molecule has 2 aliphatic carbocycles. The van der Waals surface area contributed by atoms with Crippen LogP contribution < -0.4 is 9.47 Å². The third kappa shape index (κ3) is 5.13. The molecule has 2 aliphatic heterocycles. The van der Waals surface area contributed by atoms with E-state index < -0.39 is 40.9 Å². The molecule has 7 nitrogen and oxygen atoms in total. The quantitative estimate of drug-likeness (QED) is 0.206. The van der Waals surface area contributed by atoms with Crippen LogP contribution in [0, 0.1) is 0 Å². The zero-order valence-corrected chi connectivity index (χ0v) is 26.3. The molecule has 5 atom stereocenters. The molecule has 1 saturated carbocycles. The van der Waals surface area contributed by atoms with E-state index in [9.17, 15) is 27.9 Å².